The van der Waals surface area contributed by atoms with Crippen molar-refractivity contribution in [2.45, 2.75) is 13.3 Å². The van der Waals surface area contributed by atoms with Crippen LogP contribution in [0.1, 0.15) is 21.5 Å². The van der Waals surface area contributed by atoms with Crippen LogP contribution in [0.15, 0.2) is 42.5 Å². The molecular formula is C16H14N2O6. The van der Waals surface area contributed by atoms with Gasteiger partial charge in [0.15, 0.2) is 0 Å². The molecule has 8 nitrogen and oxygen atoms in total. The average molecular weight is 330 g/mol. The lowest BCUT2D eigenvalue weighted by Crippen LogP contribution is -2.09. The van der Waals surface area contributed by atoms with Gasteiger partial charge in [-0.1, -0.05) is 24.3 Å². The zero-order chi connectivity index (χ0) is 17.7. The van der Waals surface area contributed by atoms with Crippen LogP contribution in [0.5, 0.6) is 0 Å². The van der Waals surface area contributed by atoms with Crippen LogP contribution >= 0.6 is 0 Å². The molecule has 0 aliphatic rings. The molecule has 2 aromatic rings. The van der Waals surface area contributed by atoms with Crippen molar-refractivity contribution in [1.82, 2.24) is 0 Å². The Morgan fingerprint density at radius 2 is 1.62 bits per heavy atom. The lowest BCUT2D eigenvalue weighted by Gasteiger charge is -2.07. The molecule has 0 saturated carbocycles. The zero-order valence-electron chi connectivity index (χ0n) is 12.8. The van der Waals surface area contributed by atoms with Crippen molar-refractivity contribution in [3.8, 4) is 0 Å². The van der Waals surface area contributed by atoms with E-state index >= 15 is 0 Å². The minimum absolute atomic E-state index is 0.0696. The van der Waals surface area contributed by atoms with E-state index in [-0.39, 0.29) is 12.2 Å². The molecule has 2 aromatic carbocycles. The molecular weight excluding hydrogens is 316 g/mol. The molecule has 0 unspecified atom stereocenters. The maximum atomic E-state index is 12.0. The van der Waals surface area contributed by atoms with Gasteiger partial charge in [-0.05, 0) is 18.1 Å². The largest absolute Gasteiger partial charge is 0.462 e. The predicted molar refractivity (Wildman–Crippen MR) is 84.9 cm³/mol. The summed E-state index contributed by atoms with van der Waals surface area (Å²) in [5.41, 5.74) is 0.778. The average Bonchev–Trinajstić information content (AvgIpc) is 2.56. The molecule has 0 aromatic heterocycles. The van der Waals surface area contributed by atoms with Crippen molar-refractivity contribution in [2.24, 2.45) is 0 Å². The molecule has 0 atom stereocenters. The highest BCUT2D eigenvalue weighted by Crippen LogP contribution is 2.23. The number of rotatable bonds is 6. The number of non-ortho nitro benzene ring substituents is 2. The standard InChI is InChI=1S/C16H14N2O6/c1-11-4-2-3-5-12(11)6-7-24-16(19)13-8-14(17(20)21)10-15(9-13)18(22)23/h2-5,8-10H,6-7H2,1H3. The van der Waals surface area contributed by atoms with Gasteiger partial charge < -0.3 is 4.74 Å². The number of aryl methyl sites for hydroxylation is 1. The van der Waals surface area contributed by atoms with E-state index in [0.29, 0.717) is 6.42 Å². The van der Waals surface area contributed by atoms with Gasteiger partial charge in [-0.2, -0.15) is 0 Å². The van der Waals surface area contributed by atoms with Crippen molar-refractivity contribution in [2.75, 3.05) is 6.61 Å². The summed E-state index contributed by atoms with van der Waals surface area (Å²) < 4.78 is 5.07. The van der Waals surface area contributed by atoms with E-state index in [9.17, 15) is 25.0 Å². The molecule has 0 fully saturated rings. The minimum atomic E-state index is -0.838. The molecule has 124 valence electrons. The predicted octanol–water partition coefficient (Wildman–Crippen LogP) is 3.21. The van der Waals surface area contributed by atoms with Crippen LogP contribution in [0.2, 0.25) is 0 Å². The van der Waals surface area contributed by atoms with E-state index in [0.717, 1.165) is 29.3 Å². The highest BCUT2D eigenvalue weighted by atomic mass is 16.6. The van der Waals surface area contributed by atoms with Crippen LogP contribution in [-0.4, -0.2) is 22.4 Å². The second-order valence-corrected chi connectivity index (χ2v) is 5.06. The summed E-state index contributed by atoms with van der Waals surface area (Å²) in [6.45, 7) is 2.00. The Morgan fingerprint density at radius 1 is 1.04 bits per heavy atom. The van der Waals surface area contributed by atoms with Gasteiger partial charge in [0.1, 0.15) is 0 Å². The lowest BCUT2D eigenvalue weighted by atomic mass is 10.1. The molecule has 0 saturated heterocycles. The van der Waals surface area contributed by atoms with Crippen LogP contribution in [-0.2, 0) is 11.2 Å². The molecule has 0 N–H and O–H groups in total. The number of nitro groups is 2. The smallest absolute Gasteiger partial charge is 0.338 e. The van der Waals surface area contributed by atoms with Crippen LogP contribution in [0.4, 0.5) is 11.4 Å². The summed E-state index contributed by atoms with van der Waals surface area (Å²) in [5.74, 6) is -0.838. The van der Waals surface area contributed by atoms with Crippen LogP contribution in [0, 0.1) is 27.2 Å². The summed E-state index contributed by atoms with van der Waals surface area (Å²) in [4.78, 5) is 32.0. The number of hydrogen-bond donors (Lipinski definition) is 0. The molecule has 0 spiro atoms. The van der Waals surface area contributed by atoms with Gasteiger partial charge in [0.2, 0.25) is 0 Å². The van der Waals surface area contributed by atoms with Gasteiger partial charge in [0.25, 0.3) is 11.4 Å². The van der Waals surface area contributed by atoms with Crippen LogP contribution in [0.25, 0.3) is 0 Å². The van der Waals surface area contributed by atoms with Crippen LogP contribution in [0.3, 0.4) is 0 Å². The Balaban J connectivity index is 2.10. The SMILES string of the molecule is Cc1ccccc1CCOC(=O)c1cc([N+](=O)[O-])cc([N+](=O)[O-])c1. The fraction of sp³-hybridized carbons (Fsp3) is 0.188. The zero-order valence-corrected chi connectivity index (χ0v) is 12.8. The Hall–Kier alpha value is -3.29. The normalized spacial score (nSPS) is 10.2. The first-order chi connectivity index (χ1) is 11.4. The highest BCUT2D eigenvalue weighted by Gasteiger charge is 2.20. The van der Waals surface area contributed by atoms with Gasteiger partial charge in [-0.15, -0.1) is 0 Å². The Kier molecular flexibility index (Phi) is 5.20. The van der Waals surface area contributed by atoms with Crippen molar-refractivity contribution in [3.05, 3.63) is 79.4 Å². The van der Waals surface area contributed by atoms with E-state index < -0.39 is 27.2 Å². The lowest BCUT2D eigenvalue weighted by molar-refractivity contribution is -0.394. The number of carbonyl (C=O) groups is 1. The van der Waals surface area contributed by atoms with Crippen molar-refractivity contribution in [1.29, 1.82) is 0 Å². The summed E-state index contributed by atoms with van der Waals surface area (Å²) >= 11 is 0. The first-order valence-electron chi connectivity index (χ1n) is 7.04. The number of benzene rings is 2. The second-order valence-electron chi connectivity index (χ2n) is 5.06. The van der Waals surface area contributed by atoms with Gasteiger partial charge in [-0.25, -0.2) is 4.79 Å². The number of ether oxygens (including phenoxy) is 1. The summed E-state index contributed by atoms with van der Waals surface area (Å²) in [6, 6.07) is 10.3. The van der Waals surface area contributed by atoms with Crippen LogP contribution < -0.4 is 0 Å². The molecule has 2 rings (SSSR count). The number of nitro benzene ring substituents is 2. The van der Waals surface area contributed by atoms with E-state index in [2.05, 4.69) is 0 Å². The molecule has 0 bridgehead atoms. The number of esters is 1. The van der Waals surface area contributed by atoms with E-state index in [1.165, 1.54) is 0 Å². The van der Waals surface area contributed by atoms with Crippen molar-refractivity contribution >= 4 is 17.3 Å². The molecule has 0 heterocycles. The number of nitrogens with zero attached hydrogens (tertiary/aromatic N) is 2. The third-order valence-electron chi connectivity index (χ3n) is 3.43. The summed E-state index contributed by atoms with van der Waals surface area (Å²) in [7, 11) is 0. The second kappa shape index (κ2) is 7.32. The molecule has 8 heteroatoms. The fourth-order valence-corrected chi connectivity index (χ4v) is 2.15. The molecule has 0 aliphatic heterocycles. The van der Waals surface area contributed by atoms with E-state index in [1.54, 1.807) is 0 Å². The van der Waals surface area contributed by atoms with Crippen molar-refractivity contribution in [3.63, 3.8) is 0 Å². The van der Waals surface area contributed by atoms with Gasteiger partial charge >= 0.3 is 5.97 Å². The maximum absolute atomic E-state index is 12.0. The molecule has 0 radical (unpaired) electrons. The quantitative estimate of drug-likeness (QED) is 0.456. The van der Waals surface area contributed by atoms with E-state index in [1.807, 2.05) is 31.2 Å². The fourth-order valence-electron chi connectivity index (χ4n) is 2.15. The first-order valence-corrected chi connectivity index (χ1v) is 7.04. The maximum Gasteiger partial charge on any atom is 0.338 e. The van der Waals surface area contributed by atoms with Gasteiger partial charge in [0.05, 0.1) is 28.1 Å². The molecule has 0 amide bonds. The summed E-state index contributed by atoms with van der Waals surface area (Å²) in [6.07, 6.45) is 0.482. The Labute approximate surface area is 137 Å². The monoisotopic (exact) mass is 330 g/mol. The molecule has 0 aliphatic carbocycles. The Bertz CT molecular complexity index is 771. The minimum Gasteiger partial charge on any atom is -0.462 e. The number of carbonyl (C=O) groups excluding carboxylic acids is 1. The third kappa shape index (κ3) is 4.13. The van der Waals surface area contributed by atoms with Gasteiger partial charge in [-0.3, -0.25) is 20.2 Å². The topological polar surface area (TPSA) is 113 Å². The van der Waals surface area contributed by atoms with Gasteiger partial charge in [0, 0.05) is 18.6 Å². The van der Waals surface area contributed by atoms with Crippen molar-refractivity contribution < 1.29 is 19.4 Å². The molecule has 24 heavy (non-hydrogen) atoms. The van der Waals surface area contributed by atoms with E-state index in [4.69, 9.17) is 4.74 Å². The first kappa shape index (κ1) is 17.1. The third-order valence-corrected chi connectivity index (χ3v) is 3.43. The summed E-state index contributed by atoms with van der Waals surface area (Å²) in [5, 5.41) is 21.6. The Morgan fingerprint density at radius 3 is 2.17 bits per heavy atom. The number of hydrogen-bond acceptors (Lipinski definition) is 6. The highest BCUT2D eigenvalue weighted by molar-refractivity contribution is 5.91.